The van der Waals surface area contributed by atoms with Crippen molar-refractivity contribution in [3.63, 3.8) is 0 Å². The van der Waals surface area contributed by atoms with Crippen LogP contribution in [0.5, 0.6) is 5.75 Å². The molecule has 1 N–H and O–H groups in total. The Balaban J connectivity index is 2.08. The van der Waals surface area contributed by atoms with Gasteiger partial charge < -0.3 is 15.0 Å². The van der Waals surface area contributed by atoms with Crippen LogP contribution in [0.25, 0.3) is 0 Å². The SMILES string of the molecule is CC[C@@H](C(=O)NCC(C)C)N(Cc1ccc(Cl)cc1)C(=O)CN(c1ccc(OC)c(Cl)c1)S(=O)(=O)c1ccc(C)cc1. The van der Waals surface area contributed by atoms with Crippen LogP contribution in [0.15, 0.2) is 71.6 Å². The molecule has 0 aliphatic carbocycles. The number of anilines is 1. The summed E-state index contributed by atoms with van der Waals surface area (Å²) in [6, 6.07) is 17.0. The Bertz CT molecular complexity index is 1480. The zero-order chi connectivity index (χ0) is 31.0. The van der Waals surface area contributed by atoms with Crippen molar-refractivity contribution in [2.45, 2.75) is 51.6 Å². The molecule has 3 aromatic rings. The van der Waals surface area contributed by atoms with E-state index in [2.05, 4.69) is 5.32 Å². The number of sulfonamides is 1. The van der Waals surface area contributed by atoms with Gasteiger partial charge in [-0.1, -0.05) is 73.8 Å². The standard InChI is InChI=1S/C31H37Cl2N3O5S/c1-6-28(31(38)34-18-21(2)3)35(19-23-9-11-24(32)12-10-23)30(37)20-36(25-13-16-29(41-5)27(33)17-25)42(39,40)26-14-7-22(4)8-15-26/h7-17,21,28H,6,18-20H2,1-5H3,(H,34,38)/t28-/m0/s1. The number of carbonyl (C=O) groups excluding carboxylic acids is 2. The first kappa shape index (κ1) is 33.2. The number of hydrogen-bond acceptors (Lipinski definition) is 5. The number of amides is 2. The molecule has 11 heteroatoms. The highest BCUT2D eigenvalue weighted by Crippen LogP contribution is 2.32. The molecule has 3 aromatic carbocycles. The summed E-state index contributed by atoms with van der Waals surface area (Å²) in [6.07, 6.45) is 0.322. The van der Waals surface area contributed by atoms with Crippen molar-refractivity contribution in [1.29, 1.82) is 0 Å². The van der Waals surface area contributed by atoms with Gasteiger partial charge in [0.2, 0.25) is 11.8 Å². The van der Waals surface area contributed by atoms with E-state index in [0.717, 1.165) is 15.4 Å². The van der Waals surface area contributed by atoms with E-state index >= 15 is 0 Å². The van der Waals surface area contributed by atoms with Gasteiger partial charge in [-0.2, -0.15) is 0 Å². The molecule has 3 rings (SSSR count). The average molecular weight is 635 g/mol. The minimum absolute atomic E-state index is 0.0128. The smallest absolute Gasteiger partial charge is 0.264 e. The van der Waals surface area contributed by atoms with E-state index in [4.69, 9.17) is 27.9 Å². The Morgan fingerprint density at radius 1 is 0.976 bits per heavy atom. The number of benzene rings is 3. The molecular weight excluding hydrogens is 597 g/mol. The molecule has 0 heterocycles. The molecule has 226 valence electrons. The Labute approximate surface area is 258 Å². The number of nitrogens with one attached hydrogen (secondary N) is 1. The van der Waals surface area contributed by atoms with Crippen LogP contribution >= 0.6 is 23.2 Å². The van der Waals surface area contributed by atoms with Gasteiger partial charge in [-0.05, 0) is 67.3 Å². The van der Waals surface area contributed by atoms with Crippen LogP contribution in [0.2, 0.25) is 10.0 Å². The van der Waals surface area contributed by atoms with Gasteiger partial charge in [0.1, 0.15) is 18.3 Å². The number of methoxy groups -OCH3 is 1. The topological polar surface area (TPSA) is 96.0 Å². The van der Waals surface area contributed by atoms with Gasteiger partial charge in [0.25, 0.3) is 10.0 Å². The van der Waals surface area contributed by atoms with E-state index in [1.807, 2.05) is 27.7 Å². The normalized spacial score (nSPS) is 12.1. The van der Waals surface area contributed by atoms with E-state index in [1.54, 1.807) is 42.5 Å². The molecule has 0 aliphatic heterocycles. The van der Waals surface area contributed by atoms with Gasteiger partial charge in [0.15, 0.2) is 0 Å². The number of rotatable bonds is 13. The first-order valence-corrected chi connectivity index (χ1v) is 15.8. The first-order valence-electron chi connectivity index (χ1n) is 13.6. The van der Waals surface area contributed by atoms with Crippen LogP contribution in [0, 0.1) is 12.8 Å². The Hall–Kier alpha value is -3.27. The summed E-state index contributed by atoms with van der Waals surface area (Å²) in [4.78, 5) is 28.9. The maximum atomic E-state index is 14.1. The summed E-state index contributed by atoms with van der Waals surface area (Å²) in [7, 11) is -2.77. The average Bonchev–Trinajstić information content (AvgIpc) is 2.95. The minimum Gasteiger partial charge on any atom is -0.495 e. The van der Waals surface area contributed by atoms with Crippen LogP contribution in [0.3, 0.4) is 0 Å². The summed E-state index contributed by atoms with van der Waals surface area (Å²) in [6.45, 7) is 7.57. The van der Waals surface area contributed by atoms with Crippen molar-refractivity contribution in [2.75, 3.05) is 24.5 Å². The molecule has 0 aliphatic rings. The zero-order valence-electron chi connectivity index (χ0n) is 24.4. The van der Waals surface area contributed by atoms with Crippen LogP contribution in [0.4, 0.5) is 5.69 Å². The van der Waals surface area contributed by atoms with E-state index in [-0.39, 0.29) is 34.0 Å². The number of hydrogen-bond donors (Lipinski definition) is 1. The van der Waals surface area contributed by atoms with Crippen molar-refractivity contribution >= 4 is 50.7 Å². The van der Waals surface area contributed by atoms with Crippen LogP contribution in [-0.4, -0.2) is 51.4 Å². The molecule has 0 bridgehead atoms. The molecule has 0 unspecified atom stereocenters. The Morgan fingerprint density at radius 3 is 2.17 bits per heavy atom. The molecule has 0 fully saturated rings. The fraction of sp³-hybridized carbons (Fsp3) is 0.355. The molecule has 0 saturated carbocycles. The summed E-state index contributed by atoms with van der Waals surface area (Å²) < 4.78 is 34.3. The highest BCUT2D eigenvalue weighted by molar-refractivity contribution is 7.92. The summed E-state index contributed by atoms with van der Waals surface area (Å²) in [5.41, 5.74) is 1.80. The lowest BCUT2D eigenvalue weighted by molar-refractivity contribution is -0.140. The van der Waals surface area contributed by atoms with Crippen LogP contribution < -0.4 is 14.4 Å². The third kappa shape index (κ3) is 8.40. The highest BCUT2D eigenvalue weighted by Gasteiger charge is 2.34. The maximum absolute atomic E-state index is 14.1. The summed E-state index contributed by atoms with van der Waals surface area (Å²) in [5.74, 6) is -0.299. The maximum Gasteiger partial charge on any atom is 0.264 e. The molecule has 8 nitrogen and oxygen atoms in total. The Morgan fingerprint density at radius 2 is 1.62 bits per heavy atom. The van der Waals surface area contributed by atoms with Crippen molar-refractivity contribution in [3.8, 4) is 5.75 Å². The molecule has 2 amide bonds. The molecular formula is C31H37Cl2N3O5S. The fourth-order valence-corrected chi connectivity index (χ4v) is 6.09. The summed E-state index contributed by atoms with van der Waals surface area (Å²) >= 11 is 12.5. The molecule has 0 radical (unpaired) electrons. The van der Waals surface area contributed by atoms with E-state index < -0.39 is 28.5 Å². The predicted octanol–water partition coefficient (Wildman–Crippen LogP) is 6.09. The lowest BCUT2D eigenvalue weighted by Crippen LogP contribution is -2.52. The fourth-order valence-electron chi connectivity index (χ4n) is 4.31. The lowest BCUT2D eigenvalue weighted by atomic mass is 10.1. The molecule has 42 heavy (non-hydrogen) atoms. The quantitative estimate of drug-likeness (QED) is 0.246. The van der Waals surface area contributed by atoms with E-state index in [0.29, 0.717) is 23.7 Å². The van der Waals surface area contributed by atoms with Crippen LogP contribution in [-0.2, 0) is 26.2 Å². The van der Waals surface area contributed by atoms with Crippen molar-refractivity contribution in [2.24, 2.45) is 5.92 Å². The zero-order valence-corrected chi connectivity index (χ0v) is 26.8. The van der Waals surface area contributed by atoms with E-state index in [9.17, 15) is 18.0 Å². The van der Waals surface area contributed by atoms with Gasteiger partial charge >= 0.3 is 0 Å². The minimum atomic E-state index is -4.22. The highest BCUT2D eigenvalue weighted by atomic mass is 35.5. The second kappa shape index (κ2) is 14.8. The van der Waals surface area contributed by atoms with Gasteiger partial charge in [-0.25, -0.2) is 8.42 Å². The number of halogens is 2. The van der Waals surface area contributed by atoms with E-state index in [1.165, 1.54) is 36.3 Å². The van der Waals surface area contributed by atoms with Gasteiger partial charge in [-0.15, -0.1) is 0 Å². The van der Waals surface area contributed by atoms with Crippen molar-refractivity contribution in [1.82, 2.24) is 10.2 Å². The van der Waals surface area contributed by atoms with Crippen molar-refractivity contribution in [3.05, 3.63) is 87.9 Å². The lowest BCUT2D eigenvalue weighted by Gasteiger charge is -2.33. The number of aryl methyl sites for hydroxylation is 1. The largest absolute Gasteiger partial charge is 0.495 e. The third-order valence-corrected chi connectivity index (χ3v) is 8.98. The van der Waals surface area contributed by atoms with Crippen molar-refractivity contribution < 1.29 is 22.7 Å². The molecule has 0 spiro atoms. The predicted molar refractivity (Wildman–Crippen MR) is 168 cm³/mol. The second-order valence-electron chi connectivity index (χ2n) is 10.4. The monoisotopic (exact) mass is 633 g/mol. The number of ether oxygens (including phenoxy) is 1. The van der Waals surface area contributed by atoms with Gasteiger partial charge in [-0.3, -0.25) is 13.9 Å². The van der Waals surface area contributed by atoms with Gasteiger partial charge in [0.05, 0.1) is 22.7 Å². The summed E-state index contributed by atoms with van der Waals surface area (Å²) in [5, 5.41) is 3.63. The Kier molecular flexibility index (Phi) is 11.7. The molecule has 1 atom stereocenters. The number of carbonyl (C=O) groups is 2. The molecule has 0 saturated heterocycles. The second-order valence-corrected chi connectivity index (χ2v) is 13.1. The number of nitrogens with zero attached hydrogens (tertiary/aromatic N) is 2. The van der Waals surface area contributed by atoms with Gasteiger partial charge in [0, 0.05) is 18.1 Å². The molecule has 0 aromatic heterocycles. The third-order valence-electron chi connectivity index (χ3n) is 6.65. The first-order chi connectivity index (χ1) is 19.9. The van der Waals surface area contributed by atoms with Crippen LogP contribution in [0.1, 0.15) is 38.3 Å².